The molecule has 0 spiro atoms. The average molecular weight is 359 g/mol. The van der Waals surface area contributed by atoms with Crippen molar-refractivity contribution in [1.82, 2.24) is 5.32 Å². The summed E-state index contributed by atoms with van der Waals surface area (Å²) in [5.74, 6) is -2.22. The molecule has 0 radical (unpaired) electrons. The molecule has 2 aromatic rings. The van der Waals surface area contributed by atoms with E-state index in [1.165, 1.54) is 24.3 Å². The minimum absolute atomic E-state index is 0.0146. The van der Waals surface area contributed by atoms with Gasteiger partial charge in [0, 0.05) is 6.54 Å². The second-order valence-corrected chi connectivity index (χ2v) is 6.50. The highest BCUT2D eigenvalue weighted by atomic mass is 19.1. The van der Waals surface area contributed by atoms with Gasteiger partial charge >= 0.3 is 5.97 Å². The minimum Gasteiger partial charge on any atom is -0.481 e. The number of halogens is 1. The van der Waals surface area contributed by atoms with Crippen LogP contribution >= 0.6 is 0 Å². The molecule has 2 rings (SSSR count). The first kappa shape index (κ1) is 19.4. The van der Waals surface area contributed by atoms with E-state index in [1.807, 2.05) is 30.3 Å². The Labute approximate surface area is 151 Å². The van der Waals surface area contributed by atoms with E-state index in [2.05, 4.69) is 5.32 Å². The fourth-order valence-electron chi connectivity index (χ4n) is 2.42. The maximum atomic E-state index is 13.0. The van der Waals surface area contributed by atoms with Crippen LogP contribution in [-0.4, -0.2) is 29.1 Å². The van der Waals surface area contributed by atoms with E-state index < -0.39 is 29.2 Å². The second-order valence-electron chi connectivity index (χ2n) is 6.50. The Hall–Kier alpha value is -2.89. The fraction of sp³-hybridized carbons (Fsp3) is 0.300. The SMILES string of the molecule is CC(C)(Oc1ccc(F)cc1)C(=O)NCC(Cc1ccccc1)C(=O)O. The van der Waals surface area contributed by atoms with Crippen molar-refractivity contribution in [3.63, 3.8) is 0 Å². The Morgan fingerprint density at radius 2 is 1.73 bits per heavy atom. The first-order chi connectivity index (χ1) is 12.3. The van der Waals surface area contributed by atoms with Gasteiger partial charge in [0.2, 0.25) is 0 Å². The summed E-state index contributed by atoms with van der Waals surface area (Å²) >= 11 is 0. The van der Waals surface area contributed by atoms with Crippen LogP contribution < -0.4 is 10.1 Å². The number of amides is 1. The predicted molar refractivity (Wildman–Crippen MR) is 95.4 cm³/mol. The molecule has 2 N–H and O–H groups in total. The largest absolute Gasteiger partial charge is 0.481 e. The van der Waals surface area contributed by atoms with Gasteiger partial charge in [-0.15, -0.1) is 0 Å². The van der Waals surface area contributed by atoms with Crippen molar-refractivity contribution in [2.45, 2.75) is 25.9 Å². The normalized spacial score (nSPS) is 12.3. The van der Waals surface area contributed by atoms with Crippen LogP contribution in [0.15, 0.2) is 54.6 Å². The van der Waals surface area contributed by atoms with Gasteiger partial charge < -0.3 is 15.2 Å². The van der Waals surface area contributed by atoms with Crippen LogP contribution in [0.2, 0.25) is 0 Å². The molecule has 1 atom stereocenters. The van der Waals surface area contributed by atoms with Crippen molar-refractivity contribution < 1.29 is 23.8 Å². The number of carbonyl (C=O) groups excluding carboxylic acids is 1. The van der Waals surface area contributed by atoms with Crippen LogP contribution in [0, 0.1) is 11.7 Å². The quantitative estimate of drug-likeness (QED) is 0.760. The van der Waals surface area contributed by atoms with E-state index in [-0.39, 0.29) is 6.54 Å². The van der Waals surface area contributed by atoms with Crippen LogP contribution in [0.1, 0.15) is 19.4 Å². The van der Waals surface area contributed by atoms with E-state index in [0.29, 0.717) is 12.2 Å². The van der Waals surface area contributed by atoms with Gasteiger partial charge in [0.1, 0.15) is 11.6 Å². The summed E-state index contributed by atoms with van der Waals surface area (Å²) in [6.07, 6.45) is 0.315. The molecule has 0 fully saturated rings. The van der Waals surface area contributed by atoms with Gasteiger partial charge in [0.15, 0.2) is 5.60 Å². The van der Waals surface area contributed by atoms with Crippen LogP contribution in [0.25, 0.3) is 0 Å². The van der Waals surface area contributed by atoms with Gasteiger partial charge in [-0.2, -0.15) is 0 Å². The molecular formula is C20H22FNO4. The Kier molecular flexibility index (Phi) is 6.33. The van der Waals surface area contributed by atoms with Gasteiger partial charge in [-0.05, 0) is 50.1 Å². The lowest BCUT2D eigenvalue weighted by molar-refractivity contribution is -0.142. The van der Waals surface area contributed by atoms with Gasteiger partial charge in [-0.25, -0.2) is 4.39 Å². The number of hydrogen-bond donors (Lipinski definition) is 2. The number of aliphatic carboxylic acids is 1. The van der Waals surface area contributed by atoms with Crippen LogP contribution in [-0.2, 0) is 16.0 Å². The lowest BCUT2D eigenvalue weighted by atomic mass is 9.99. The third-order valence-corrected chi connectivity index (χ3v) is 3.92. The predicted octanol–water partition coefficient (Wildman–Crippen LogP) is 3.04. The number of nitrogens with one attached hydrogen (secondary N) is 1. The molecule has 138 valence electrons. The minimum atomic E-state index is -1.23. The highest BCUT2D eigenvalue weighted by molar-refractivity contribution is 5.85. The molecule has 0 saturated carbocycles. The van der Waals surface area contributed by atoms with Crippen LogP contribution in [0.5, 0.6) is 5.75 Å². The standard InChI is InChI=1S/C20H22FNO4/c1-20(2,26-17-10-8-16(21)9-11-17)19(25)22-13-15(18(23)24)12-14-6-4-3-5-7-14/h3-11,15H,12-13H2,1-2H3,(H,22,25)(H,23,24). The monoisotopic (exact) mass is 359 g/mol. The molecule has 0 bridgehead atoms. The summed E-state index contributed by atoms with van der Waals surface area (Å²) in [5, 5.41) is 12.0. The number of ether oxygens (including phenoxy) is 1. The first-order valence-corrected chi connectivity index (χ1v) is 8.27. The molecule has 0 aliphatic carbocycles. The highest BCUT2D eigenvalue weighted by Gasteiger charge is 2.31. The second kappa shape index (κ2) is 8.47. The van der Waals surface area contributed by atoms with Crippen molar-refractivity contribution in [3.8, 4) is 5.75 Å². The average Bonchev–Trinajstić information content (AvgIpc) is 2.60. The summed E-state index contributed by atoms with van der Waals surface area (Å²) in [6.45, 7) is 3.12. The molecule has 0 aliphatic heterocycles. The van der Waals surface area contributed by atoms with Crippen molar-refractivity contribution in [2.24, 2.45) is 5.92 Å². The lowest BCUT2D eigenvalue weighted by Gasteiger charge is -2.26. The van der Waals surface area contributed by atoms with Crippen molar-refractivity contribution in [3.05, 3.63) is 66.0 Å². The molecule has 1 amide bonds. The Bertz CT molecular complexity index is 744. The lowest BCUT2D eigenvalue weighted by Crippen LogP contribution is -2.48. The number of rotatable bonds is 8. The molecule has 2 aromatic carbocycles. The molecule has 0 aliphatic rings. The number of hydrogen-bond acceptors (Lipinski definition) is 3. The van der Waals surface area contributed by atoms with Gasteiger partial charge in [-0.1, -0.05) is 30.3 Å². The number of carboxylic acids is 1. The van der Waals surface area contributed by atoms with Crippen molar-refractivity contribution in [2.75, 3.05) is 6.54 Å². The molecule has 26 heavy (non-hydrogen) atoms. The zero-order valence-electron chi connectivity index (χ0n) is 14.7. The topological polar surface area (TPSA) is 75.6 Å². The van der Waals surface area contributed by atoms with Crippen molar-refractivity contribution >= 4 is 11.9 Å². The third kappa shape index (κ3) is 5.58. The smallest absolute Gasteiger partial charge is 0.308 e. The van der Waals surface area contributed by atoms with Gasteiger partial charge in [0.25, 0.3) is 5.91 Å². The van der Waals surface area contributed by atoms with E-state index in [1.54, 1.807) is 13.8 Å². The maximum absolute atomic E-state index is 13.0. The number of benzene rings is 2. The molecular weight excluding hydrogens is 337 g/mol. The fourth-order valence-corrected chi connectivity index (χ4v) is 2.42. The zero-order valence-corrected chi connectivity index (χ0v) is 14.7. The van der Waals surface area contributed by atoms with E-state index >= 15 is 0 Å². The highest BCUT2D eigenvalue weighted by Crippen LogP contribution is 2.19. The molecule has 0 heterocycles. The van der Waals surface area contributed by atoms with Gasteiger partial charge in [-0.3, -0.25) is 9.59 Å². The van der Waals surface area contributed by atoms with E-state index in [4.69, 9.17) is 4.74 Å². The molecule has 0 saturated heterocycles. The van der Waals surface area contributed by atoms with E-state index in [9.17, 15) is 19.1 Å². The zero-order chi connectivity index (χ0) is 19.2. The van der Waals surface area contributed by atoms with Gasteiger partial charge in [0.05, 0.1) is 5.92 Å². The van der Waals surface area contributed by atoms with Crippen LogP contribution in [0.4, 0.5) is 4.39 Å². The molecule has 5 nitrogen and oxygen atoms in total. The summed E-state index contributed by atoms with van der Waals surface area (Å²) in [5.41, 5.74) is -0.343. The number of carbonyl (C=O) groups is 2. The third-order valence-electron chi connectivity index (χ3n) is 3.92. The summed E-state index contributed by atoms with van der Waals surface area (Å²) in [6, 6.07) is 14.6. The Balaban J connectivity index is 1.95. The Morgan fingerprint density at radius 1 is 1.12 bits per heavy atom. The molecule has 0 aromatic heterocycles. The van der Waals surface area contributed by atoms with Crippen molar-refractivity contribution in [1.29, 1.82) is 0 Å². The Morgan fingerprint density at radius 3 is 2.31 bits per heavy atom. The summed E-state index contributed by atoms with van der Waals surface area (Å²) in [4.78, 5) is 23.9. The summed E-state index contributed by atoms with van der Waals surface area (Å²) < 4.78 is 18.6. The first-order valence-electron chi connectivity index (χ1n) is 8.27. The molecule has 1 unspecified atom stereocenters. The van der Waals surface area contributed by atoms with Crippen LogP contribution in [0.3, 0.4) is 0 Å². The molecule has 6 heteroatoms. The number of carboxylic acid groups (broad SMARTS) is 1. The maximum Gasteiger partial charge on any atom is 0.308 e. The summed E-state index contributed by atoms with van der Waals surface area (Å²) in [7, 11) is 0. The van der Waals surface area contributed by atoms with E-state index in [0.717, 1.165) is 5.56 Å².